The van der Waals surface area contributed by atoms with E-state index in [-0.39, 0.29) is 11.9 Å². The molecule has 0 radical (unpaired) electrons. The Balaban J connectivity index is 1.50. The number of hydrogen-bond donors (Lipinski definition) is 3. The third-order valence-electron chi connectivity index (χ3n) is 5.52. The van der Waals surface area contributed by atoms with Crippen LogP contribution in [0.5, 0.6) is 0 Å². The van der Waals surface area contributed by atoms with Crippen LogP contribution in [0.1, 0.15) is 29.3 Å². The molecule has 0 aliphatic rings. The van der Waals surface area contributed by atoms with Crippen LogP contribution in [0, 0.1) is 5.92 Å². The second-order valence-electron chi connectivity index (χ2n) is 7.94. The second kappa shape index (κ2) is 9.43. The molecule has 3 aromatic carbocycles. The number of nitrogens with one attached hydrogen (secondary N) is 2. The van der Waals surface area contributed by atoms with Gasteiger partial charge in [-0.05, 0) is 47.7 Å². The van der Waals surface area contributed by atoms with Crippen LogP contribution in [0.2, 0.25) is 0 Å². The van der Waals surface area contributed by atoms with Crippen LogP contribution in [-0.2, 0) is 11.2 Å². The Bertz CT molecular complexity index is 1220. The summed E-state index contributed by atoms with van der Waals surface area (Å²) in [6.45, 7) is 1.65. The summed E-state index contributed by atoms with van der Waals surface area (Å²) in [5, 5.41) is 22.9. The van der Waals surface area contributed by atoms with Crippen molar-refractivity contribution in [3.8, 4) is 11.1 Å². The number of carboxylic acids is 1. The minimum atomic E-state index is -0.882. The van der Waals surface area contributed by atoms with Crippen LogP contribution in [0.25, 0.3) is 22.2 Å². The maximum Gasteiger partial charge on any atom is 0.306 e. The molecule has 4 aromatic rings. The largest absolute Gasteiger partial charge is 0.481 e. The van der Waals surface area contributed by atoms with Gasteiger partial charge in [-0.25, -0.2) is 0 Å². The maximum atomic E-state index is 12.9. The normalized spacial score (nSPS) is 12.9. The van der Waals surface area contributed by atoms with Gasteiger partial charge in [-0.1, -0.05) is 61.5 Å². The van der Waals surface area contributed by atoms with E-state index in [4.69, 9.17) is 0 Å². The molecule has 32 heavy (non-hydrogen) atoms. The molecular weight excluding hydrogens is 404 g/mol. The van der Waals surface area contributed by atoms with Gasteiger partial charge in [0.25, 0.3) is 5.91 Å². The quantitative estimate of drug-likeness (QED) is 0.392. The lowest BCUT2D eigenvalue weighted by atomic mass is 9.94. The van der Waals surface area contributed by atoms with Crippen molar-refractivity contribution in [2.75, 3.05) is 0 Å². The minimum Gasteiger partial charge on any atom is -0.481 e. The number of carboxylic acid groups (broad SMARTS) is 1. The highest BCUT2D eigenvalue weighted by atomic mass is 16.4. The van der Waals surface area contributed by atoms with E-state index in [0.29, 0.717) is 29.4 Å². The lowest BCUT2D eigenvalue weighted by Gasteiger charge is -2.21. The van der Waals surface area contributed by atoms with Gasteiger partial charge in [-0.2, -0.15) is 15.4 Å². The van der Waals surface area contributed by atoms with Gasteiger partial charge in [0.15, 0.2) is 0 Å². The SMILES string of the molecule is C[C@H](C[C@@H](Cc1ccc(-c2ccccc2)cc1)NC(=O)c1ccc2n[nH]nc2c1)C(=O)O. The number of amides is 1. The minimum absolute atomic E-state index is 0.265. The molecule has 7 nitrogen and oxygen atoms in total. The van der Waals surface area contributed by atoms with Crippen LogP contribution >= 0.6 is 0 Å². The number of nitrogens with zero attached hydrogens (tertiary/aromatic N) is 2. The fourth-order valence-electron chi connectivity index (χ4n) is 3.72. The number of H-pyrrole nitrogens is 1. The Morgan fingerprint density at radius 3 is 2.34 bits per heavy atom. The number of hydrogen-bond acceptors (Lipinski definition) is 4. The lowest BCUT2D eigenvalue weighted by Crippen LogP contribution is -2.38. The molecule has 0 saturated heterocycles. The second-order valence-corrected chi connectivity index (χ2v) is 7.94. The highest BCUT2D eigenvalue weighted by Gasteiger charge is 2.21. The first-order valence-electron chi connectivity index (χ1n) is 10.5. The van der Waals surface area contributed by atoms with Gasteiger partial charge in [0.2, 0.25) is 0 Å². The van der Waals surface area contributed by atoms with E-state index in [1.165, 1.54) is 0 Å². The first-order valence-corrected chi connectivity index (χ1v) is 10.5. The summed E-state index contributed by atoms with van der Waals surface area (Å²) in [5.41, 5.74) is 5.00. The van der Waals surface area contributed by atoms with Gasteiger partial charge in [-0.15, -0.1) is 0 Å². The van der Waals surface area contributed by atoms with Crippen LogP contribution in [-0.4, -0.2) is 38.4 Å². The molecule has 1 aromatic heterocycles. The third-order valence-corrected chi connectivity index (χ3v) is 5.52. The highest BCUT2D eigenvalue weighted by Crippen LogP contribution is 2.21. The van der Waals surface area contributed by atoms with E-state index < -0.39 is 11.9 Å². The van der Waals surface area contributed by atoms with Crippen LogP contribution in [0.4, 0.5) is 0 Å². The zero-order valence-electron chi connectivity index (χ0n) is 17.7. The molecule has 2 atom stereocenters. The van der Waals surface area contributed by atoms with E-state index in [1.807, 2.05) is 42.5 Å². The Labute approximate surface area is 185 Å². The summed E-state index contributed by atoms with van der Waals surface area (Å²) in [6, 6.07) is 23.0. The van der Waals surface area contributed by atoms with E-state index in [1.54, 1.807) is 25.1 Å². The molecule has 7 heteroatoms. The third kappa shape index (κ3) is 5.00. The smallest absolute Gasteiger partial charge is 0.306 e. The molecule has 1 amide bonds. The Morgan fingerprint density at radius 2 is 1.62 bits per heavy atom. The number of aromatic amines is 1. The standard InChI is InChI=1S/C25H24N4O3/c1-16(25(31)32)13-21(26-24(30)20-11-12-22-23(15-20)28-29-27-22)14-17-7-9-19(10-8-17)18-5-3-2-4-6-18/h2-12,15-16,21H,13-14H2,1H3,(H,26,30)(H,31,32)(H,27,28,29)/t16-,21+/m1/s1. The maximum absolute atomic E-state index is 12.9. The number of carbonyl (C=O) groups excluding carboxylic acids is 1. The predicted octanol–water partition coefficient (Wildman–Crippen LogP) is 4.08. The van der Waals surface area contributed by atoms with Gasteiger partial charge >= 0.3 is 5.97 Å². The molecule has 0 unspecified atom stereocenters. The van der Waals surface area contributed by atoms with Gasteiger partial charge in [-0.3, -0.25) is 9.59 Å². The molecule has 0 aliphatic heterocycles. The Kier molecular flexibility index (Phi) is 6.26. The van der Waals surface area contributed by atoms with Crippen molar-refractivity contribution < 1.29 is 14.7 Å². The molecule has 0 fully saturated rings. The first kappa shape index (κ1) is 21.2. The van der Waals surface area contributed by atoms with E-state index in [9.17, 15) is 14.7 Å². The van der Waals surface area contributed by atoms with Crippen molar-refractivity contribution >= 4 is 22.9 Å². The molecule has 162 valence electrons. The van der Waals surface area contributed by atoms with Crippen molar-refractivity contribution in [2.45, 2.75) is 25.8 Å². The zero-order chi connectivity index (χ0) is 22.5. The number of rotatable bonds is 8. The number of carbonyl (C=O) groups is 2. The number of aromatic nitrogens is 3. The Morgan fingerprint density at radius 1 is 0.938 bits per heavy atom. The van der Waals surface area contributed by atoms with E-state index >= 15 is 0 Å². The van der Waals surface area contributed by atoms with Crippen molar-refractivity contribution in [3.05, 3.63) is 83.9 Å². The van der Waals surface area contributed by atoms with Crippen molar-refractivity contribution in [2.24, 2.45) is 5.92 Å². The molecule has 0 spiro atoms. The fourth-order valence-corrected chi connectivity index (χ4v) is 3.72. The summed E-state index contributed by atoms with van der Waals surface area (Å²) in [5.74, 6) is -1.73. The highest BCUT2D eigenvalue weighted by molar-refractivity contribution is 5.97. The lowest BCUT2D eigenvalue weighted by molar-refractivity contribution is -0.141. The molecule has 0 bridgehead atoms. The number of aliphatic carboxylic acids is 1. The van der Waals surface area contributed by atoms with Gasteiger partial charge in [0.05, 0.1) is 5.92 Å². The number of fused-ring (bicyclic) bond motifs is 1. The van der Waals surface area contributed by atoms with Crippen molar-refractivity contribution in [1.82, 2.24) is 20.7 Å². The van der Waals surface area contributed by atoms with Crippen LogP contribution in [0.15, 0.2) is 72.8 Å². The molecule has 0 saturated carbocycles. The topological polar surface area (TPSA) is 108 Å². The van der Waals surface area contributed by atoms with E-state index in [2.05, 4.69) is 32.9 Å². The van der Waals surface area contributed by atoms with Crippen LogP contribution < -0.4 is 5.32 Å². The molecule has 3 N–H and O–H groups in total. The van der Waals surface area contributed by atoms with Gasteiger partial charge < -0.3 is 10.4 Å². The molecule has 0 aliphatic carbocycles. The monoisotopic (exact) mass is 428 g/mol. The summed E-state index contributed by atoms with van der Waals surface area (Å²) in [7, 11) is 0. The van der Waals surface area contributed by atoms with Gasteiger partial charge in [0.1, 0.15) is 11.0 Å². The summed E-state index contributed by atoms with van der Waals surface area (Å²) in [4.78, 5) is 24.3. The number of benzene rings is 3. The molecular formula is C25H24N4O3. The average Bonchev–Trinajstić information content (AvgIpc) is 3.28. The Hall–Kier alpha value is -4.00. The fraction of sp³-hybridized carbons (Fsp3) is 0.200. The molecule has 4 rings (SSSR count). The van der Waals surface area contributed by atoms with Crippen LogP contribution in [0.3, 0.4) is 0 Å². The zero-order valence-corrected chi connectivity index (χ0v) is 17.7. The predicted molar refractivity (Wildman–Crippen MR) is 122 cm³/mol. The summed E-state index contributed by atoms with van der Waals surface area (Å²) >= 11 is 0. The van der Waals surface area contributed by atoms with Crippen molar-refractivity contribution in [1.29, 1.82) is 0 Å². The average molecular weight is 428 g/mol. The first-order chi connectivity index (χ1) is 15.5. The van der Waals surface area contributed by atoms with Crippen molar-refractivity contribution in [3.63, 3.8) is 0 Å². The van der Waals surface area contributed by atoms with E-state index in [0.717, 1.165) is 16.7 Å². The summed E-state index contributed by atoms with van der Waals surface area (Å²) < 4.78 is 0. The molecule has 1 heterocycles. The summed E-state index contributed by atoms with van der Waals surface area (Å²) in [6.07, 6.45) is 0.859. The van der Waals surface area contributed by atoms with Gasteiger partial charge in [0, 0.05) is 11.6 Å².